The number of likely N-dealkylation sites (N-methyl/N-ethyl adjacent to an activating group) is 1. The Morgan fingerprint density at radius 1 is 1.32 bits per heavy atom. The Morgan fingerprint density at radius 3 is 2.37 bits per heavy atom. The summed E-state index contributed by atoms with van der Waals surface area (Å²) in [6, 6.07) is 1.11. The summed E-state index contributed by atoms with van der Waals surface area (Å²) in [4.78, 5) is 5.16. The molecular weight excluding hydrogens is 255 g/mol. The number of nitrogens with two attached hydrogens (primary N) is 1. The molecule has 0 radical (unpaired) electrons. The fraction of sp³-hybridized carbons (Fsp3) is 0.615. The third-order valence-electron chi connectivity index (χ3n) is 3.19. The first-order valence-electron chi connectivity index (χ1n) is 6.27. The van der Waals surface area contributed by atoms with Gasteiger partial charge in [0.15, 0.2) is 0 Å². The van der Waals surface area contributed by atoms with E-state index in [1.54, 1.807) is 31.5 Å². The second kappa shape index (κ2) is 6.86. The van der Waals surface area contributed by atoms with Crippen molar-refractivity contribution in [2.45, 2.75) is 38.0 Å². The molecule has 0 aromatic carbocycles. The Hall–Kier alpha value is -1.14. The molecule has 2 unspecified atom stereocenters. The van der Waals surface area contributed by atoms with E-state index in [4.69, 9.17) is 5.73 Å². The number of halogens is 3. The van der Waals surface area contributed by atoms with Crippen LogP contribution in [0.1, 0.15) is 18.9 Å². The quantitative estimate of drug-likeness (QED) is 0.865. The van der Waals surface area contributed by atoms with Crippen LogP contribution < -0.4 is 5.73 Å². The molecular formula is C13H20F3N3. The van der Waals surface area contributed by atoms with Crippen LogP contribution in [0.15, 0.2) is 24.5 Å². The Kier molecular flexibility index (Phi) is 5.75. The highest BCUT2D eigenvalue weighted by Gasteiger charge is 2.45. The highest BCUT2D eigenvalue weighted by atomic mass is 19.4. The molecule has 1 rings (SSSR count). The largest absolute Gasteiger partial charge is 0.405 e. The summed E-state index contributed by atoms with van der Waals surface area (Å²) < 4.78 is 39.0. The molecule has 0 fully saturated rings. The molecule has 0 aliphatic carbocycles. The number of hydrogen-bond donors (Lipinski definition) is 1. The van der Waals surface area contributed by atoms with E-state index in [1.165, 1.54) is 11.9 Å². The fourth-order valence-electron chi connectivity index (χ4n) is 2.04. The summed E-state index contributed by atoms with van der Waals surface area (Å²) in [6.45, 7) is 1.97. The van der Waals surface area contributed by atoms with Crippen LogP contribution in [0.4, 0.5) is 13.2 Å². The van der Waals surface area contributed by atoms with Crippen molar-refractivity contribution in [3.05, 3.63) is 30.1 Å². The van der Waals surface area contributed by atoms with E-state index in [0.29, 0.717) is 19.4 Å². The van der Waals surface area contributed by atoms with E-state index < -0.39 is 18.3 Å². The zero-order valence-electron chi connectivity index (χ0n) is 11.2. The smallest absolute Gasteiger partial charge is 0.326 e. The molecule has 0 spiro atoms. The van der Waals surface area contributed by atoms with E-state index in [9.17, 15) is 13.2 Å². The highest BCUT2D eigenvalue weighted by Crippen LogP contribution is 2.27. The molecule has 0 aliphatic rings. The van der Waals surface area contributed by atoms with E-state index in [-0.39, 0.29) is 0 Å². The molecule has 1 aromatic heterocycles. The summed E-state index contributed by atoms with van der Waals surface area (Å²) in [5.74, 6) is 0. The molecule has 6 heteroatoms. The Balaban J connectivity index is 2.65. The zero-order valence-corrected chi connectivity index (χ0v) is 11.2. The van der Waals surface area contributed by atoms with Gasteiger partial charge in [-0.15, -0.1) is 0 Å². The van der Waals surface area contributed by atoms with Crippen LogP contribution >= 0.6 is 0 Å². The first-order valence-corrected chi connectivity index (χ1v) is 6.27. The second-order valence-electron chi connectivity index (χ2n) is 4.64. The molecule has 0 amide bonds. The van der Waals surface area contributed by atoms with Gasteiger partial charge in [-0.1, -0.05) is 6.92 Å². The lowest BCUT2D eigenvalue weighted by Crippen LogP contribution is -2.55. The van der Waals surface area contributed by atoms with Gasteiger partial charge in [0, 0.05) is 25.0 Å². The number of aromatic nitrogens is 1. The lowest BCUT2D eigenvalue weighted by atomic mass is 10.0. The average Bonchev–Trinajstić information content (AvgIpc) is 2.36. The number of pyridine rings is 1. The molecule has 0 saturated carbocycles. The van der Waals surface area contributed by atoms with Crippen LogP contribution in [0.3, 0.4) is 0 Å². The molecule has 0 saturated heterocycles. The Labute approximate surface area is 111 Å². The minimum absolute atomic E-state index is 0.295. The van der Waals surface area contributed by atoms with E-state index >= 15 is 0 Å². The van der Waals surface area contributed by atoms with Crippen LogP contribution in [0.2, 0.25) is 0 Å². The zero-order chi connectivity index (χ0) is 14.5. The van der Waals surface area contributed by atoms with Crippen molar-refractivity contribution in [1.82, 2.24) is 9.88 Å². The van der Waals surface area contributed by atoms with Gasteiger partial charge in [0.05, 0.1) is 0 Å². The van der Waals surface area contributed by atoms with Crippen LogP contribution in [0, 0.1) is 0 Å². The van der Waals surface area contributed by atoms with Crippen molar-refractivity contribution in [3.63, 3.8) is 0 Å². The molecule has 0 aliphatic heterocycles. The molecule has 1 aromatic rings. The summed E-state index contributed by atoms with van der Waals surface area (Å²) in [5, 5.41) is 0. The predicted molar refractivity (Wildman–Crippen MR) is 68.7 cm³/mol. The van der Waals surface area contributed by atoms with Gasteiger partial charge >= 0.3 is 6.18 Å². The first kappa shape index (κ1) is 15.9. The van der Waals surface area contributed by atoms with Gasteiger partial charge in [0.2, 0.25) is 0 Å². The van der Waals surface area contributed by atoms with Gasteiger partial charge in [-0.25, -0.2) is 0 Å². The van der Waals surface area contributed by atoms with Crippen molar-refractivity contribution < 1.29 is 13.2 Å². The molecule has 1 heterocycles. The summed E-state index contributed by atoms with van der Waals surface area (Å²) >= 11 is 0. The van der Waals surface area contributed by atoms with Gasteiger partial charge in [0.25, 0.3) is 0 Å². The molecule has 0 bridgehead atoms. The Morgan fingerprint density at radius 2 is 1.89 bits per heavy atom. The maximum atomic E-state index is 13.0. The average molecular weight is 275 g/mol. The monoisotopic (exact) mass is 275 g/mol. The van der Waals surface area contributed by atoms with Gasteiger partial charge in [-0.2, -0.15) is 13.2 Å². The summed E-state index contributed by atoms with van der Waals surface area (Å²) in [6.07, 6.45) is -0.197. The Bertz CT molecular complexity index is 367. The van der Waals surface area contributed by atoms with Crippen LogP contribution in [-0.2, 0) is 6.42 Å². The summed E-state index contributed by atoms with van der Waals surface area (Å²) in [5.41, 5.74) is 6.57. The van der Waals surface area contributed by atoms with Crippen molar-refractivity contribution >= 4 is 0 Å². The summed E-state index contributed by atoms with van der Waals surface area (Å²) in [7, 11) is 1.47. The maximum Gasteiger partial charge on any atom is 0.405 e. The van der Waals surface area contributed by atoms with Crippen molar-refractivity contribution in [2.75, 3.05) is 13.6 Å². The van der Waals surface area contributed by atoms with Crippen LogP contribution in [0.25, 0.3) is 0 Å². The number of rotatable bonds is 6. The van der Waals surface area contributed by atoms with Gasteiger partial charge in [-0.3, -0.25) is 9.88 Å². The minimum atomic E-state index is -4.30. The van der Waals surface area contributed by atoms with E-state index in [1.807, 2.05) is 0 Å². The predicted octanol–water partition coefficient (Wildman–Crippen LogP) is 2.22. The van der Waals surface area contributed by atoms with Crippen LogP contribution in [0.5, 0.6) is 0 Å². The third kappa shape index (κ3) is 4.80. The molecule has 2 atom stereocenters. The molecule has 19 heavy (non-hydrogen) atoms. The lowest BCUT2D eigenvalue weighted by Gasteiger charge is -2.33. The standard InChI is InChI=1S/C13H20F3N3/c1-3-11(17)12(13(14,15)16)19(2)9-6-10-4-7-18-8-5-10/h4-5,7-8,11-12H,3,6,9,17H2,1-2H3. The normalized spacial score (nSPS) is 15.5. The van der Waals surface area contributed by atoms with Gasteiger partial charge in [0.1, 0.15) is 6.04 Å². The fourth-order valence-corrected chi connectivity index (χ4v) is 2.04. The lowest BCUT2D eigenvalue weighted by molar-refractivity contribution is -0.185. The third-order valence-corrected chi connectivity index (χ3v) is 3.19. The second-order valence-corrected chi connectivity index (χ2v) is 4.64. The topological polar surface area (TPSA) is 42.1 Å². The van der Waals surface area contributed by atoms with Crippen molar-refractivity contribution in [1.29, 1.82) is 0 Å². The molecule has 3 nitrogen and oxygen atoms in total. The van der Waals surface area contributed by atoms with Crippen molar-refractivity contribution in [3.8, 4) is 0 Å². The number of nitrogens with zero attached hydrogens (tertiary/aromatic N) is 2. The maximum absolute atomic E-state index is 13.0. The highest BCUT2D eigenvalue weighted by molar-refractivity contribution is 5.10. The van der Waals surface area contributed by atoms with Gasteiger partial charge in [-0.05, 0) is 37.6 Å². The van der Waals surface area contributed by atoms with E-state index in [2.05, 4.69) is 4.98 Å². The number of alkyl halides is 3. The van der Waals surface area contributed by atoms with Crippen molar-refractivity contribution in [2.24, 2.45) is 5.73 Å². The minimum Gasteiger partial charge on any atom is -0.326 e. The SMILES string of the molecule is CCC(N)C(N(C)CCc1ccncc1)C(F)(F)F. The molecule has 2 N–H and O–H groups in total. The molecule has 108 valence electrons. The van der Waals surface area contributed by atoms with Gasteiger partial charge < -0.3 is 5.73 Å². The first-order chi connectivity index (χ1) is 8.86. The van der Waals surface area contributed by atoms with E-state index in [0.717, 1.165) is 5.56 Å². The number of hydrogen-bond acceptors (Lipinski definition) is 3. The van der Waals surface area contributed by atoms with Crippen LogP contribution in [-0.4, -0.2) is 41.7 Å².